The van der Waals surface area contributed by atoms with Gasteiger partial charge in [0, 0.05) is 54.3 Å². The largest absolute Gasteiger partial charge is 0.463 e. The molecule has 0 N–H and O–H groups in total. The number of halogens is 1. The summed E-state index contributed by atoms with van der Waals surface area (Å²) in [5, 5.41) is 0. The smallest absolute Gasteiger partial charge is 0.303 e. The standard InChI is InChI=1S/C28H39ClO18/c1-12(30)38-10-19-21(40-14(3)32)23(41-15(4)33)26(44-18(7)36)28(46-19)47-22-20(11-39-13(2)31)45-27(37-9-8-29)25(43-17(6)35)24(22)42-16(5)34/h19-28H,8-11H2,1-7H3/t19-,20-,21+,22-,23+,24+,25-,26-,27-,28+/m1/s1. The Morgan fingerprint density at radius 2 is 0.851 bits per heavy atom. The van der Waals surface area contributed by atoms with Crippen LogP contribution < -0.4 is 0 Å². The monoisotopic (exact) mass is 698 g/mol. The Kier molecular flexibility index (Phi) is 15.7. The minimum absolute atomic E-state index is 0.00976. The quantitative estimate of drug-likeness (QED) is 0.131. The molecule has 2 aliphatic rings. The minimum atomic E-state index is -1.78. The molecular formula is C28H39ClO18. The highest BCUT2D eigenvalue weighted by Gasteiger charge is 2.57. The van der Waals surface area contributed by atoms with Crippen molar-refractivity contribution in [2.24, 2.45) is 0 Å². The summed E-state index contributed by atoms with van der Waals surface area (Å²) < 4.78 is 61.2. The number of alkyl halides is 1. The third-order valence-electron chi connectivity index (χ3n) is 6.24. The van der Waals surface area contributed by atoms with E-state index in [-0.39, 0.29) is 12.5 Å². The first kappa shape index (κ1) is 39.6. The van der Waals surface area contributed by atoms with E-state index in [4.69, 9.17) is 63.7 Å². The van der Waals surface area contributed by atoms with Gasteiger partial charge in [0.05, 0.1) is 6.61 Å². The Balaban J connectivity index is 2.71. The number of carbonyl (C=O) groups excluding carboxylic acids is 7. The third kappa shape index (κ3) is 12.5. The van der Waals surface area contributed by atoms with E-state index in [0.29, 0.717) is 0 Å². The van der Waals surface area contributed by atoms with E-state index in [1.165, 1.54) is 0 Å². The zero-order valence-electron chi connectivity index (χ0n) is 26.8. The van der Waals surface area contributed by atoms with Crippen molar-refractivity contribution in [1.82, 2.24) is 0 Å². The maximum atomic E-state index is 12.3. The van der Waals surface area contributed by atoms with Gasteiger partial charge in [-0.1, -0.05) is 0 Å². The summed E-state index contributed by atoms with van der Waals surface area (Å²) in [7, 11) is 0. The fourth-order valence-corrected chi connectivity index (χ4v) is 4.86. The van der Waals surface area contributed by atoms with Crippen LogP contribution in [-0.4, -0.2) is 129 Å². The highest BCUT2D eigenvalue weighted by atomic mass is 35.5. The van der Waals surface area contributed by atoms with E-state index < -0.39 is 116 Å². The van der Waals surface area contributed by atoms with Gasteiger partial charge in [0.15, 0.2) is 43.1 Å². The predicted molar refractivity (Wildman–Crippen MR) is 150 cm³/mol. The first-order chi connectivity index (χ1) is 22.0. The van der Waals surface area contributed by atoms with Gasteiger partial charge >= 0.3 is 41.8 Å². The van der Waals surface area contributed by atoms with Crippen LogP contribution in [0.5, 0.6) is 0 Å². The summed E-state index contributed by atoms with van der Waals surface area (Å²) in [5.41, 5.74) is 0. The zero-order valence-corrected chi connectivity index (χ0v) is 27.6. The fraction of sp³-hybridized carbons (Fsp3) is 0.750. The molecule has 0 aliphatic carbocycles. The van der Waals surface area contributed by atoms with Crippen molar-refractivity contribution in [3.8, 4) is 0 Å². The Labute approximate surface area is 274 Å². The van der Waals surface area contributed by atoms with Crippen LogP contribution in [0.15, 0.2) is 0 Å². The Morgan fingerprint density at radius 3 is 1.28 bits per heavy atom. The van der Waals surface area contributed by atoms with E-state index in [1.807, 2.05) is 0 Å². The van der Waals surface area contributed by atoms with E-state index in [2.05, 4.69) is 0 Å². The summed E-state index contributed by atoms with van der Waals surface area (Å²) in [5.74, 6) is -5.85. The van der Waals surface area contributed by atoms with Gasteiger partial charge in [0.25, 0.3) is 0 Å². The molecule has 10 atom stereocenters. The first-order valence-electron chi connectivity index (χ1n) is 14.3. The molecule has 2 saturated heterocycles. The molecular weight excluding hydrogens is 660 g/mol. The van der Waals surface area contributed by atoms with Crippen molar-refractivity contribution in [1.29, 1.82) is 0 Å². The molecule has 2 aliphatic heterocycles. The van der Waals surface area contributed by atoms with Crippen LogP contribution in [0.1, 0.15) is 48.5 Å². The van der Waals surface area contributed by atoms with Gasteiger partial charge in [-0.3, -0.25) is 33.6 Å². The van der Waals surface area contributed by atoms with Gasteiger partial charge in [-0.2, -0.15) is 0 Å². The Bertz CT molecular complexity index is 1140. The van der Waals surface area contributed by atoms with Crippen LogP contribution in [0.2, 0.25) is 0 Å². The number of esters is 7. The van der Waals surface area contributed by atoms with Crippen molar-refractivity contribution >= 4 is 53.4 Å². The molecule has 0 aromatic carbocycles. The lowest BCUT2D eigenvalue weighted by Crippen LogP contribution is -2.67. The van der Waals surface area contributed by atoms with Crippen molar-refractivity contribution in [2.75, 3.05) is 25.7 Å². The lowest BCUT2D eigenvalue weighted by Gasteiger charge is -2.48. The molecule has 0 spiro atoms. The third-order valence-corrected chi connectivity index (χ3v) is 6.40. The van der Waals surface area contributed by atoms with Crippen LogP contribution in [0.25, 0.3) is 0 Å². The van der Waals surface area contributed by atoms with Gasteiger partial charge in [0.2, 0.25) is 0 Å². The van der Waals surface area contributed by atoms with E-state index in [0.717, 1.165) is 48.5 Å². The molecule has 0 radical (unpaired) electrons. The number of hydrogen-bond acceptors (Lipinski definition) is 18. The maximum Gasteiger partial charge on any atom is 0.303 e. The van der Waals surface area contributed by atoms with Crippen LogP contribution >= 0.6 is 11.6 Å². The molecule has 47 heavy (non-hydrogen) atoms. The number of ether oxygens (including phenoxy) is 11. The lowest BCUT2D eigenvalue weighted by atomic mass is 9.96. The molecule has 2 heterocycles. The van der Waals surface area contributed by atoms with Crippen LogP contribution in [0, 0.1) is 0 Å². The van der Waals surface area contributed by atoms with Crippen molar-refractivity contribution in [3.05, 3.63) is 0 Å². The summed E-state index contributed by atoms with van der Waals surface area (Å²) in [4.78, 5) is 84.5. The Morgan fingerprint density at radius 1 is 0.489 bits per heavy atom. The first-order valence-corrected chi connectivity index (χ1v) is 14.8. The summed E-state index contributed by atoms with van der Waals surface area (Å²) in [6, 6.07) is 0. The van der Waals surface area contributed by atoms with Gasteiger partial charge in [-0.25, -0.2) is 0 Å². The molecule has 0 unspecified atom stereocenters. The average Bonchev–Trinajstić information content (AvgIpc) is 2.94. The molecule has 0 bridgehead atoms. The molecule has 19 heteroatoms. The van der Waals surface area contributed by atoms with Gasteiger partial charge < -0.3 is 52.1 Å². The molecule has 18 nitrogen and oxygen atoms in total. The van der Waals surface area contributed by atoms with E-state index in [9.17, 15) is 33.6 Å². The molecule has 0 saturated carbocycles. The zero-order chi connectivity index (χ0) is 35.4. The maximum absolute atomic E-state index is 12.3. The highest BCUT2D eigenvalue weighted by molar-refractivity contribution is 6.17. The fourth-order valence-electron chi connectivity index (χ4n) is 4.77. The van der Waals surface area contributed by atoms with Gasteiger partial charge in [0.1, 0.15) is 31.5 Å². The van der Waals surface area contributed by atoms with E-state index in [1.54, 1.807) is 0 Å². The molecule has 0 amide bonds. The van der Waals surface area contributed by atoms with Crippen molar-refractivity contribution < 1.29 is 85.7 Å². The summed E-state index contributed by atoms with van der Waals surface area (Å²) in [6.45, 7) is 6.26. The molecule has 0 aromatic heterocycles. The van der Waals surface area contributed by atoms with Gasteiger partial charge in [-0.15, -0.1) is 11.6 Å². The number of carbonyl (C=O) groups is 7. The summed E-state index contributed by atoms with van der Waals surface area (Å²) >= 11 is 5.78. The second kappa shape index (κ2) is 18.7. The van der Waals surface area contributed by atoms with Crippen LogP contribution in [-0.2, 0) is 85.7 Å². The predicted octanol–water partition coefficient (Wildman–Crippen LogP) is -0.138. The van der Waals surface area contributed by atoms with Crippen LogP contribution in [0.4, 0.5) is 0 Å². The van der Waals surface area contributed by atoms with Crippen molar-refractivity contribution in [3.63, 3.8) is 0 Å². The summed E-state index contributed by atoms with van der Waals surface area (Å²) in [6.07, 6.45) is -15.3. The molecule has 2 rings (SSSR count). The number of hydrogen-bond donors (Lipinski definition) is 0. The average molecular weight is 699 g/mol. The Hall–Kier alpha value is -3.58. The minimum Gasteiger partial charge on any atom is -0.463 e. The SMILES string of the molecule is CC(=O)OC[C@H]1O[C@@H](O[C@H]2[C@H](OC(C)=O)[C@@H](OC(C)=O)[C@H](OCCCl)O[C@@H]2COC(C)=O)[C@H](OC(C)=O)[C@@H](OC(C)=O)[C@H]1OC(C)=O. The lowest BCUT2D eigenvalue weighted by molar-refractivity contribution is -0.360. The highest BCUT2D eigenvalue weighted by Crippen LogP contribution is 2.35. The second-order valence-electron chi connectivity index (χ2n) is 10.2. The topological polar surface area (TPSA) is 221 Å². The van der Waals surface area contributed by atoms with Crippen LogP contribution in [0.3, 0.4) is 0 Å². The molecule has 2 fully saturated rings. The second-order valence-corrected chi connectivity index (χ2v) is 10.6. The normalized spacial score (nSPS) is 30.2. The van der Waals surface area contributed by atoms with Crippen molar-refractivity contribution in [2.45, 2.75) is 110 Å². The number of rotatable bonds is 14. The molecule has 266 valence electrons. The molecule has 0 aromatic rings. The van der Waals surface area contributed by atoms with E-state index >= 15 is 0 Å². The van der Waals surface area contributed by atoms with Gasteiger partial charge in [-0.05, 0) is 0 Å².